The van der Waals surface area contributed by atoms with Gasteiger partial charge < -0.3 is 0 Å². The molecule has 2 aromatic rings. The van der Waals surface area contributed by atoms with Gasteiger partial charge in [0.2, 0.25) is 0 Å². The highest BCUT2D eigenvalue weighted by Crippen LogP contribution is 2.34. The minimum atomic E-state index is 0.591. The highest BCUT2D eigenvalue weighted by Gasteiger charge is 2.19. The van der Waals surface area contributed by atoms with Crippen LogP contribution in [0.4, 0.5) is 0 Å². The number of H-pyrrole nitrogens is 1. The predicted octanol–water partition coefficient (Wildman–Crippen LogP) is 3.57. The van der Waals surface area contributed by atoms with Gasteiger partial charge in [-0.1, -0.05) is 13.8 Å². The lowest BCUT2D eigenvalue weighted by Crippen LogP contribution is -2.08. The summed E-state index contributed by atoms with van der Waals surface area (Å²) in [5.41, 5.74) is 5.90. The van der Waals surface area contributed by atoms with Gasteiger partial charge in [0.05, 0.1) is 11.7 Å². The van der Waals surface area contributed by atoms with E-state index in [-0.39, 0.29) is 0 Å². The summed E-state index contributed by atoms with van der Waals surface area (Å²) in [5.74, 6) is 0.591. The molecule has 0 radical (unpaired) electrons. The number of fused-ring (bicyclic) bond motifs is 2. The van der Waals surface area contributed by atoms with Crippen LogP contribution in [0.15, 0.2) is 12.3 Å². The number of aryl methyl sites for hydroxylation is 1. The lowest BCUT2D eigenvalue weighted by Gasteiger charge is -2.22. The molecule has 84 valence electrons. The molecule has 0 aliphatic heterocycles. The molecule has 0 spiro atoms. The minimum Gasteiger partial charge on any atom is -0.278 e. The number of nitrogens with zero attached hydrogens (tertiary/aromatic N) is 1. The molecule has 1 heterocycles. The number of rotatable bonds is 1. The zero-order valence-electron chi connectivity index (χ0n) is 10.0. The van der Waals surface area contributed by atoms with Crippen LogP contribution in [0.3, 0.4) is 0 Å². The topological polar surface area (TPSA) is 28.7 Å². The summed E-state index contributed by atoms with van der Waals surface area (Å²) < 4.78 is 0. The van der Waals surface area contributed by atoms with Crippen LogP contribution in [0.5, 0.6) is 0 Å². The van der Waals surface area contributed by atoms with Crippen molar-refractivity contribution in [1.29, 1.82) is 0 Å². The third kappa shape index (κ3) is 1.36. The number of aromatic amines is 1. The van der Waals surface area contributed by atoms with Gasteiger partial charge in [-0.05, 0) is 54.4 Å². The standard InChI is InChI=1S/C14H18N2/c1-9(2)14-11-6-4-3-5-10(11)7-13-12(14)8-15-16-13/h7-9H,3-6H2,1-2H3,(H,15,16). The molecule has 1 aromatic carbocycles. The molecule has 16 heavy (non-hydrogen) atoms. The molecule has 0 saturated heterocycles. The molecule has 1 aliphatic carbocycles. The zero-order chi connectivity index (χ0) is 11.1. The second kappa shape index (κ2) is 3.62. The average Bonchev–Trinajstić information content (AvgIpc) is 2.72. The molecule has 3 rings (SSSR count). The van der Waals surface area contributed by atoms with E-state index in [9.17, 15) is 0 Å². The Bertz CT molecular complexity index is 523. The maximum atomic E-state index is 4.19. The smallest absolute Gasteiger partial charge is 0.0656 e. The Kier molecular flexibility index (Phi) is 2.23. The molecule has 1 aromatic heterocycles. The van der Waals surface area contributed by atoms with Crippen molar-refractivity contribution in [3.8, 4) is 0 Å². The monoisotopic (exact) mass is 214 g/mol. The molecule has 0 unspecified atom stereocenters. The molecule has 0 atom stereocenters. The Morgan fingerprint density at radius 3 is 2.88 bits per heavy atom. The summed E-state index contributed by atoms with van der Waals surface area (Å²) in [4.78, 5) is 0. The van der Waals surface area contributed by atoms with Gasteiger partial charge in [0, 0.05) is 5.39 Å². The van der Waals surface area contributed by atoms with Gasteiger partial charge in [-0.25, -0.2) is 0 Å². The first-order valence-electron chi connectivity index (χ1n) is 6.25. The van der Waals surface area contributed by atoms with Gasteiger partial charge in [0.15, 0.2) is 0 Å². The number of aromatic nitrogens is 2. The molecule has 2 heteroatoms. The second-order valence-electron chi connectivity index (χ2n) is 5.12. The van der Waals surface area contributed by atoms with E-state index in [1.165, 1.54) is 42.1 Å². The summed E-state index contributed by atoms with van der Waals surface area (Å²) in [6.07, 6.45) is 7.16. The Balaban J connectivity index is 2.35. The van der Waals surface area contributed by atoms with Crippen molar-refractivity contribution < 1.29 is 0 Å². The highest BCUT2D eigenvalue weighted by atomic mass is 15.1. The first kappa shape index (κ1) is 9.88. The van der Waals surface area contributed by atoms with Gasteiger partial charge >= 0.3 is 0 Å². The van der Waals surface area contributed by atoms with E-state index in [1.54, 1.807) is 11.1 Å². The summed E-state index contributed by atoms with van der Waals surface area (Å²) >= 11 is 0. The third-order valence-electron chi connectivity index (χ3n) is 3.69. The van der Waals surface area contributed by atoms with Crippen molar-refractivity contribution >= 4 is 10.9 Å². The Labute approximate surface area is 96.1 Å². The zero-order valence-corrected chi connectivity index (χ0v) is 10.0. The largest absolute Gasteiger partial charge is 0.278 e. The van der Waals surface area contributed by atoms with Gasteiger partial charge in [-0.3, -0.25) is 5.10 Å². The van der Waals surface area contributed by atoms with Gasteiger partial charge in [0.1, 0.15) is 0 Å². The lowest BCUT2D eigenvalue weighted by atomic mass is 9.83. The maximum absolute atomic E-state index is 4.19. The molecule has 2 nitrogen and oxygen atoms in total. The van der Waals surface area contributed by atoms with E-state index in [1.807, 2.05) is 6.20 Å². The predicted molar refractivity (Wildman–Crippen MR) is 66.8 cm³/mol. The fourth-order valence-corrected chi connectivity index (χ4v) is 3.01. The molecule has 0 amide bonds. The summed E-state index contributed by atoms with van der Waals surface area (Å²) in [6.45, 7) is 4.58. The van der Waals surface area contributed by atoms with E-state index >= 15 is 0 Å². The maximum Gasteiger partial charge on any atom is 0.0656 e. The first-order valence-corrected chi connectivity index (χ1v) is 6.25. The summed E-state index contributed by atoms with van der Waals surface area (Å²) in [5, 5.41) is 8.63. The fraction of sp³-hybridized carbons (Fsp3) is 0.500. The number of hydrogen-bond acceptors (Lipinski definition) is 1. The normalized spacial score (nSPS) is 15.7. The number of benzene rings is 1. The van der Waals surface area contributed by atoms with Crippen molar-refractivity contribution in [3.63, 3.8) is 0 Å². The van der Waals surface area contributed by atoms with Crippen molar-refractivity contribution in [2.75, 3.05) is 0 Å². The number of hydrogen-bond donors (Lipinski definition) is 1. The quantitative estimate of drug-likeness (QED) is 0.772. The average molecular weight is 214 g/mol. The molecular formula is C14H18N2. The van der Waals surface area contributed by atoms with Crippen LogP contribution in [0.2, 0.25) is 0 Å². The van der Waals surface area contributed by atoms with Crippen molar-refractivity contribution in [2.45, 2.75) is 45.4 Å². The van der Waals surface area contributed by atoms with Gasteiger partial charge in [0.25, 0.3) is 0 Å². The first-order chi connectivity index (χ1) is 7.77. The van der Waals surface area contributed by atoms with Crippen LogP contribution in [0.1, 0.15) is 49.3 Å². The van der Waals surface area contributed by atoms with Crippen LogP contribution >= 0.6 is 0 Å². The lowest BCUT2D eigenvalue weighted by molar-refractivity contribution is 0.673. The molecule has 1 aliphatic rings. The van der Waals surface area contributed by atoms with Crippen molar-refractivity contribution in [3.05, 3.63) is 29.0 Å². The third-order valence-corrected chi connectivity index (χ3v) is 3.69. The molecule has 0 fully saturated rings. The number of nitrogens with one attached hydrogen (secondary N) is 1. The van der Waals surface area contributed by atoms with Crippen molar-refractivity contribution in [1.82, 2.24) is 10.2 Å². The Morgan fingerprint density at radius 1 is 1.25 bits per heavy atom. The summed E-state index contributed by atoms with van der Waals surface area (Å²) in [6, 6.07) is 2.31. The molecule has 0 saturated carbocycles. The molecular weight excluding hydrogens is 196 g/mol. The fourth-order valence-electron chi connectivity index (χ4n) is 3.01. The van der Waals surface area contributed by atoms with E-state index < -0.39 is 0 Å². The van der Waals surface area contributed by atoms with Crippen LogP contribution in [0, 0.1) is 0 Å². The van der Waals surface area contributed by atoms with Crippen LogP contribution in [-0.4, -0.2) is 10.2 Å². The van der Waals surface area contributed by atoms with E-state index in [0.29, 0.717) is 5.92 Å². The second-order valence-corrected chi connectivity index (χ2v) is 5.12. The SMILES string of the molecule is CC(C)c1c2c(cc3[nH]ncc13)CCCC2. The highest BCUT2D eigenvalue weighted by molar-refractivity contribution is 5.84. The Morgan fingerprint density at radius 2 is 2.06 bits per heavy atom. The summed E-state index contributed by atoms with van der Waals surface area (Å²) in [7, 11) is 0. The van der Waals surface area contributed by atoms with Crippen molar-refractivity contribution in [2.24, 2.45) is 0 Å². The molecule has 1 N–H and O–H groups in total. The van der Waals surface area contributed by atoms with Crippen LogP contribution in [0.25, 0.3) is 10.9 Å². The van der Waals surface area contributed by atoms with Gasteiger partial charge in [-0.15, -0.1) is 0 Å². The van der Waals surface area contributed by atoms with Crippen LogP contribution < -0.4 is 0 Å². The van der Waals surface area contributed by atoms with E-state index in [0.717, 1.165) is 0 Å². The Hall–Kier alpha value is -1.31. The van der Waals surface area contributed by atoms with Gasteiger partial charge in [-0.2, -0.15) is 5.10 Å². The molecule has 0 bridgehead atoms. The van der Waals surface area contributed by atoms with Crippen LogP contribution in [-0.2, 0) is 12.8 Å². The minimum absolute atomic E-state index is 0.591. The van der Waals surface area contributed by atoms with E-state index in [2.05, 4.69) is 30.1 Å². The van der Waals surface area contributed by atoms with E-state index in [4.69, 9.17) is 0 Å².